The van der Waals surface area contributed by atoms with E-state index in [4.69, 9.17) is 5.11 Å². The van der Waals surface area contributed by atoms with Gasteiger partial charge in [0.1, 0.15) is 0 Å². The minimum absolute atomic E-state index is 0.273. The van der Waals surface area contributed by atoms with Crippen molar-refractivity contribution < 1.29 is 5.11 Å². The molecular formula is C12H20N2O. The first-order valence-corrected chi connectivity index (χ1v) is 5.44. The average molecular weight is 208 g/mol. The van der Waals surface area contributed by atoms with Gasteiger partial charge >= 0.3 is 0 Å². The van der Waals surface area contributed by atoms with Crippen molar-refractivity contribution in [2.75, 3.05) is 13.2 Å². The Bertz CT molecular complexity index is 289. The number of rotatable bonds is 6. The van der Waals surface area contributed by atoms with E-state index in [9.17, 15) is 0 Å². The van der Waals surface area contributed by atoms with Crippen molar-refractivity contribution in [2.24, 2.45) is 5.92 Å². The molecule has 0 radical (unpaired) electrons. The summed E-state index contributed by atoms with van der Waals surface area (Å²) in [6, 6.07) is 2.14. The first-order chi connectivity index (χ1) is 7.22. The van der Waals surface area contributed by atoms with Gasteiger partial charge in [0.15, 0.2) is 0 Å². The lowest BCUT2D eigenvalue weighted by Gasteiger charge is -2.10. The Labute approximate surface area is 91.5 Å². The zero-order chi connectivity index (χ0) is 11.1. The van der Waals surface area contributed by atoms with Gasteiger partial charge in [-0.1, -0.05) is 13.0 Å². The van der Waals surface area contributed by atoms with Gasteiger partial charge in [-0.3, -0.25) is 4.98 Å². The van der Waals surface area contributed by atoms with Crippen molar-refractivity contribution in [1.82, 2.24) is 10.3 Å². The molecule has 0 spiro atoms. The number of nitrogens with one attached hydrogen (secondary N) is 1. The van der Waals surface area contributed by atoms with E-state index in [1.165, 1.54) is 11.1 Å². The molecule has 1 aromatic heterocycles. The monoisotopic (exact) mass is 208 g/mol. The normalized spacial score (nSPS) is 12.7. The first kappa shape index (κ1) is 12.1. The van der Waals surface area contributed by atoms with E-state index in [-0.39, 0.29) is 6.61 Å². The lowest BCUT2D eigenvalue weighted by atomic mass is 10.1. The standard InChI is InChI=1S/C12H20N2O/c1-10(3-4-15)6-13-8-12-5-11(2)7-14-9-12/h5,7,9-10,13,15H,3-4,6,8H2,1-2H3. The smallest absolute Gasteiger partial charge is 0.0434 e. The number of aliphatic hydroxyl groups excluding tert-OH is 1. The molecule has 1 rings (SSSR count). The van der Waals surface area contributed by atoms with Crippen LogP contribution in [0.3, 0.4) is 0 Å². The second-order valence-electron chi connectivity index (χ2n) is 4.12. The topological polar surface area (TPSA) is 45.2 Å². The Morgan fingerprint density at radius 1 is 1.47 bits per heavy atom. The van der Waals surface area contributed by atoms with Gasteiger partial charge < -0.3 is 10.4 Å². The van der Waals surface area contributed by atoms with Gasteiger partial charge in [-0.05, 0) is 36.9 Å². The number of aryl methyl sites for hydroxylation is 1. The van der Waals surface area contributed by atoms with Crippen LogP contribution in [0.1, 0.15) is 24.5 Å². The maximum absolute atomic E-state index is 8.75. The minimum atomic E-state index is 0.273. The molecule has 1 unspecified atom stereocenters. The van der Waals surface area contributed by atoms with Crippen molar-refractivity contribution in [3.8, 4) is 0 Å². The molecule has 0 aliphatic carbocycles. The Morgan fingerprint density at radius 3 is 2.93 bits per heavy atom. The largest absolute Gasteiger partial charge is 0.396 e. The summed E-state index contributed by atoms with van der Waals surface area (Å²) < 4.78 is 0. The predicted octanol–water partition coefficient (Wildman–Crippen LogP) is 1.50. The number of nitrogens with zero attached hydrogens (tertiary/aromatic N) is 1. The molecule has 84 valence electrons. The van der Waals surface area contributed by atoms with Crippen molar-refractivity contribution in [3.63, 3.8) is 0 Å². The van der Waals surface area contributed by atoms with Crippen LogP contribution in [0.25, 0.3) is 0 Å². The van der Waals surface area contributed by atoms with Crippen LogP contribution < -0.4 is 5.32 Å². The third-order valence-electron chi connectivity index (χ3n) is 2.38. The summed E-state index contributed by atoms with van der Waals surface area (Å²) in [6.45, 7) is 6.25. The molecule has 3 heteroatoms. The van der Waals surface area contributed by atoms with Gasteiger partial charge in [-0.2, -0.15) is 0 Å². The van der Waals surface area contributed by atoms with Crippen LogP contribution in [0.15, 0.2) is 18.5 Å². The van der Waals surface area contributed by atoms with Crippen LogP contribution in [0.2, 0.25) is 0 Å². The molecule has 1 atom stereocenters. The van der Waals surface area contributed by atoms with Gasteiger partial charge in [-0.15, -0.1) is 0 Å². The van der Waals surface area contributed by atoms with Gasteiger partial charge in [0, 0.05) is 25.5 Å². The second kappa shape index (κ2) is 6.53. The average Bonchev–Trinajstić information content (AvgIpc) is 2.18. The molecule has 0 aliphatic heterocycles. The van der Waals surface area contributed by atoms with Gasteiger partial charge in [0.25, 0.3) is 0 Å². The van der Waals surface area contributed by atoms with Crippen molar-refractivity contribution in [1.29, 1.82) is 0 Å². The van der Waals surface area contributed by atoms with E-state index < -0.39 is 0 Å². The summed E-state index contributed by atoms with van der Waals surface area (Å²) in [6.07, 6.45) is 4.60. The van der Waals surface area contributed by atoms with Crippen LogP contribution in [0, 0.1) is 12.8 Å². The van der Waals surface area contributed by atoms with Crippen molar-refractivity contribution in [3.05, 3.63) is 29.6 Å². The van der Waals surface area contributed by atoms with Gasteiger partial charge in [0.05, 0.1) is 0 Å². The Balaban J connectivity index is 2.25. The number of hydrogen-bond acceptors (Lipinski definition) is 3. The molecule has 0 saturated carbocycles. The molecule has 0 fully saturated rings. The molecule has 1 heterocycles. The van der Waals surface area contributed by atoms with Crippen LogP contribution in [0.5, 0.6) is 0 Å². The highest BCUT2D eigenvalue weighted by atomic mass is 16.3. The van der Waals surface area contributed by atoms with Crippen molar-refractivity contribution >= 4 is 0 Å². The van der Waals surface area contributed by atoms with E-state index in [1.54, 1.807) is 0 Å². The molecule has 1 aromatic rings. The van der Waals surface area contributed by atoms with E-state index in [2.05, 4.69) is 23.3 Å². The molecule has 3 nitrogen and oxygen atoms in total. The molecule has 0 aromatic carbocycles. The SMILES string of the molecule is Cc1cncc(CNCC(C)CCO)c1. The maximum atomic E-state index is 8.75. The number of pyridine rings is 1. The zero-order valence-electron chi connectivity index (χ0n) is 9.53. The quantitative estimate of drug-likeness (QED) is 0.744. The van der Waals surface area contributed by atoms with E-state index in [0.29, 0.717) is 5.92 Å². The van der Waals surface area contributed by atoms with Crippen molar-refractivity contribution in [2.45, 2.75) is 26.8 Å². The lowest BCUT2D eigenvalue weighted by molar-refractivity contribution is 0.260. The summed E-state index contributed by atoms with van der Waals surface area (Å²) in [4.78, 5) is 4.14. The summed E-state index contributed by atoms with van der Waals surface area (Å²) in [5.41, 5.74) is 2.41. The maximum Gasteiger partial charge on any atom is 0.0434 e. The van der Waals surface area contributed by atoms with Crippen LogP contribution in [-0.4, -0.2) is 23.2 Å². The Hall–Kier alpha value is -0.930. The minimum Gasteiger partial charge on any atom is -0.396 e. The second-order valence-corrected chi connectivity index (χ2v) is 4.12. The highest BCUT2D eigenvalue weighted by molar-refractivity contribution is 5.16. The third-order valence-corrected chi connectivity index (χ3v) is 2.38. The molecule has 0 amide bonds. The fourth-order valence-corrected chi connectivity index (χ4v) is 1.50. The van der Waals surface area contributed by atoms with Gasteiger partial charge in [0.2, 0.25) is 0 Å². The lowest BCUT2D eigenvalue weighted by Crippen LogP contribution is -2.21. The van der Waals surface area contributed by atoms with Crippen LogP contribution >= 0.6 is 0 Å². The molecule has 0 aliphatic rings. The van der Waals surface area contributed by atoms with Gasteiger partial charge in [-0.25, -0.2) is 0 Å². The molecule has 2 N–H and O–H groups in total. The zero-order valence-corrected chi connectivity index (χ0v) is 9.53. The Kier molecular flexibility index (Phi) is 5.29. The molecule has 15 heavy (non-hydrogen) atoms. The molecule has 0 bridgehead atoms. The summed E-state index contributed by atoms with van der Waals surface area (Å²) in [5.74, 6) is 0.521. The highest BCUT2D eigenvalue weighted by Gasteiger charge is 2.00. The summed E-state index contributed by atoms with van der Waals surface area (Å²) in [5, 5.41) is 12.1. The van der Waals surface area contributed by atoms with E-state index >= 15 is 0 Å². The highest BCUT2D eigenvalue weighted by Crippen LogP contribution is 2.02. The Morgan fingerprint density at radius 2 is 2.27 bits per heavy atom. The van der Waals surface area contributed by atoms with E-state index in [0.717, 1.165) is 19.5 Å². The third kappa shape index (κ3) is 4.91. The fraction of sp³-hybridized carbons (Fsp3) is 0.583. The molecule has 0 saturated heterocycles. The van der Waals surface area contributed by atoms with Crippen LogP contribution in [-0.2, 0) is 6.54 Å². The summed E-state index contributed by atoms with van der Waals surface area (Å²) >= 11 is 0. The van der Waals surface area contributed by atoms with Crippen LogP contribution in [0.4, 0.5) is 0 Å². The number of hydrogen-bond donors (Lipinski definition) is 2. The first-order valence-electron chi connectivity index (χ1n) is 5.44. The number of aliphatic hydroxyl groups is 1. The summed E-state index contributed by atoms with van der Waals surface area (Å²) in [7, 11) is 0. The van der Waals surface area contributed by atoms with E-state index in [1.807, 2.05) is 19.3 Å². The fourth-order valence-electron chi connectivity index (χ4n) is 1.50. The predicted molar refractivity (Wildman–Crippen MR) is 61.5 cm³/mol. The number of aromatic nitrogens is 1. The molecular weight excluding hydrogens is 188 g/mol.